The van der Waals surface area contributed by atoms with Gasteiger partial charge in [-0.1, -0.05) is 0 Å². The molecule has 2 N–H and O–H groups in total. The van der Waals surface area contributed by atoms with E-state index in [9.17, 15) is 9.59 Å². The first-order valence-corrected chi connectivity index (χ1v) is 4.43. The largest absolute Gasteiger partial charge is 0.477 e. The summed E-state index contributed by atoms with van der Waals surface area (Å²) in [6.45, 7) is 3.15. The van der Waals surface area contributed by atoms with Crippen molar-refractivity contribution in [2.75, 3.05) is 5.32 Å². The molecule has 0 saturated heterocycles. The number of anilines is 1. The molecule has 13 heavy (non-hydrogen) atoms. The summed E-state index contributed by atoms with van der Waals surface area (Å²) in [6.07, 6.45) is 0. The van der Waals surface area contributed by atoms with Gasteiger partial charge in [-0.05, 0) is 13.0 Å². The molecule has 5 heteroatoms. The van der Waals surface area contributed by atoms with Crippen LogP contribution in [0.4, 0.5) is 5.69 Å². The van der Waals surface area contributed by atoms with E-state index in [-0.39, 0.29) is 10.8 Å². The predicted molar refractivity (Wildman–Crippen MR) is 50.3 cm³/mol. The van der Waals surface area contributed by atoms with Crippen molar-refractivity contribution in [3.63, 3.8) is 0 Å². The van der Waals surface area contributed by atoms with Crippen LogP contribution < -0.4 is 5.32 Å². The van der Waals surface area contributed by atoms with Crippen LogP contribution in [-0.2, 0) is 4.79 Å². The molecule has 0 atom stereocenters. The van der Waals surface area contributed by atoms with Crippen molar-refractivity contribution >= 4 is 28.9 Å². The van der Waals surface area contributed by atoms with Gasteiger partial charge in [0.1, 0.15) is 4.88 Å². The lowest BCUT2D eigenvalue weighted by atomic mass is 10.3. The minimum absolute atomic E-state index is 0.196. The Morgan fingerprint density at radius 1 is 1.54 bits per heavy atom. The zero-order valence-corrected chi connectivity index (χ0v) is 8.07. The molecule has 0 saturated carbocycles. The molecule has 0 spiro atoms. The quantitative estimate of drug-likeness (QED) is 0.762. The van der Waals surface area contributed by atoms with Gasteiger partial charge in [0.25, 0.3) is 0 Å². The number of carboxylic acids is 1. The third kappa shape index (κ3) is 2.29. The van der Waals surface area contributed by atoms with Gasteiger partial charge in [0.2, 0.25) is 5.91 Å². The van der Waals surface area contributed by atoms with Crippen molar-refractivity contribution in [1.29, 1.82) is 0 Å². The first kappa shape index (κ1) is 9.73. The lowest BCUT2D eigenvalue weighted by molar-refractivity contribution is -0.114. The van der Waals surface area contributed by atoms with Gasteiger partial charge < -0.3 is 10.4 Å². The highest BCUT2D eigenvalue weighted by Crippen LogP contribution is 2.25. The van der Waals surface area contributed by atoms with E-state index < -0.39 is 5.97 Å². The number of carbonyl (C=O) groups is 2. The van der Waals surface area contributed by atoms with Crippen LogP contribution in [0.15, 0.2) is 6.07 Å². The van der Waals surface area contributed by atoms with E-state index in [0.29, 0.717) is 5.69 Å². The highest BCUT2D eigenvalue weighted by molar-refractivity contribution is 7.14. The number of aromatic carboxylic acids is 1. The van der Waals surface area contributed by atoms with Gasteiger partial charge >= 0.3 is 5.97 Å². The third-order valence-corrected chi connectivity index (χ3v) is 2.48. The fourth-order valence-electron chi connectivity index (χ4n) is 0.901. The topological polar surface area (TPSA) is 66.4 Å². The molecule has 0 aliphatic heterocycles. The van der Waals surface area contributed by atoms with Crippen molar-refractivity contribution in [2.24, 2.45) is 0 Å². The predicted octanol–water partition coefficient (Wildman–Crippen LogP) is 1.71. The average molecular weight is 199 g/mol. The lowest BCUT2D eigenvalue weighted by Crippen LogP contribution is -2.05. The van der Waals surface area contributed by atoms with E-state index >= 15 is 0 Å². The highest BCUT2D eigenvalue weighted by atomic mass is 32.1. The summed E-state index contributed by atoms with van der Waals surface area (Å²) in [5.41, 5.74) is 0.579. The van der Waals surface area contributed by atoms with Crippen LogP contribution in [0.25, 0.3) is 0 Å². The Hall–Kier alpha value is -1.36. The van der Waals surface area contributed by atoms with Crippen LogP contribution in [0.1, 0.15) is 21.5 Å². The number of nitrogens with one attached hydrogen (secondary N) is 1. The van der Waals surface area contributed by atoms with Crippen LogP contribution in [0.5, 0.6) is 0 Å². The molecule has 0 aliphatic rings. The summed E-state index contributed by atoms with van der Waals surface area (Å²) < 4.78 is 0. The number of carboxylic acid groups (broad SMARTS) is 1. The number of amides is 1. The smallest absolute Gasteiger partial charge is 0.345 e. The molecule has 1 rings (SSSR count). The molecular weight excluding hydrogens is 190 g/mol. The van der Waals surface area contributed by atoms with Gasteiger partial charge in [-0.3, -0.25) is 4.79 Å². The molecule has 0 aliphatic carbocycles. The van der Waals surface area contributed by atoms with Crippen LogP contribution in [0, 0.1) is 6.92 Å². The lowest BCUT2D eigenvalue weighted by Gasteiger charge is -1.97. The summed E-state index contributed by atoms with van der Waals surface area (Å²) in [7, 11) is 0. The highest BCUT2D eigenvalue weighted by Gasteiger charge is 2.11. The molecule has 1 aromatic heterocycles. The maximum absolute atomic E-state index is 10.7. The third-order valence-electron chi connectivity index (χ3n) is 1.44. The summed E-state index contributed by atoms with van der Waals surface area (Å²) in [6, 6.07) is 1.46. The summed E-state index contributed by atoms with van der Waals surface area (Å²) in [5, 5.41) is 11.2. The SMILES string of the molecule is CC(=O)Nc1cc(C(=O)O)sc1C. The molecule has 0 fully saturated rings. The van der Waals surface area contributed by atoms with Gasteiger partial charge in [-0.15, -0.1) is 11.3 Å². The Kier molecular flexibility index (Phi) is 2.67. The van der Waals surface area contributed by atoms with E-state index in [1.807, 2.05) is 0 Å². The fraction of sp³-hybridized carbons (Fsp3) is 0.250. The monoisotopic (exact) mass is 199 g/mol. The van der Waals surface area contributed by atoms with Crippen LogP contribution >= 0.6 is 11.3 Å². The molecule has 1 aromatic rings. The molecule has 1 heterocycles. The van der Waals surface area contributed by atoms with Gasteiger partial charge in [0.15, 0.2) is 0 Å². The van der Waals surface area contributed by atoms with Crippen molar-refractivity contribution in [1.82, 2.24) is 0 Å². The van der Waals surface area contributed by atoms with Crippen molar-refractivity contribution in [2.45, 2.75) is 13.8 Å². The number of hydrogen-bond acceptors (Lipinski definition) is 3. The zero-order chi connectivity index (χ0) is 10.0. The number of aryl methyl sites for hydroxylation is 1. The maximum atomic E-state index is 10.7. The normalized spacial score (nSPS) is 9.69. The second kappa shape index (κ2) is 3.57. The first-order valence-electron chi connectivity index (χ1n) is 3.62. The molecule has 0 aromatic carbocycles. The Labute approximate surface area is 79.2 Å². The Morgan fingerprint density at radius 2 is 2.15 bits per heavy atom. The van der Waals surface area contributed by atoms with Gasteiger partial charge in [-0.25, -0.2) is 4.79 Å². The Morgan fingerprint density at radius 3 is 2.54 bits per heavy atom. The van der Waals surface area contributed by atoms with Crippen LogP contribution in [0.2, 0.25) is 0 Å². The molecule has 0 unspecified atom stereocenters. The van der Waals surface area contributed by atoms with Gasteiger partial charge in [0, 0.05) is 11.8 Å². The number of rotatable bonds is 2. The molecule has 0 bridgehead atoms. The van der Waals surface area contributed by atoms with E-state index in [2.05, 4.69) is 5.32 Å². The maximum Gasteiger partial charge on any atom is 0.345 e. The van der Waals surface area contributed by atoms with E-state index in [1.54, 1.807) is 6.92 Å². The fourth-order valence-corrected chi connectivity index (χ4v) is 1.72. The Bertz CT molecular complexity index is 356. The number of hydrogen-bond donors (Lipinski definition) is 2. The zero-order valence-electron chi connectivity index (χ0n) is 7.25. The second-order valence-corrected chi connectivity index (χ2v) is 3.82. The van der Waals surface area contributed by atoms with E-state index in [4.69, 9.17) is 5.11 Å². The minimum Gasteiger partial charge on any atom is -0.477 e. The van der Waals surface area contributed by atoms with Gasteiger partial charge in [0.05, 0.1) is 5.69 Å². The minimum atomic E-state index is -0.968. The first-order chi connectivity index (χ1) is 6.00. The summed E-state index contributed by atoms with van der Waals surface area (Å²) in [5.74, 6) is -1.16. The van der Waals surface area contributed by atoms with Gasteiger partial charge in [-0.2, -0.15) is 0 Å². The van der Waals surface area contributed by atoms with E-state index in [0.717, 1.165) is 16.2 Å². The molecule has 1 amide bonds. The van der Waals surface area contributed by atoms with Crippen LogP contribution in [-0.4, -0.2) is 17.0 Å². The molecule has 4 nitrogen and oxygen atoms in total. The molecular formula is C8H9NO3S. The molecule has 70 valence electrons. The second-order valence-electron chi connectivity index (χ2n) is 2.57. The standard InChI is InChI=1S/C8H9NO3S/c1-4-6(9-5(2)10)3-7(13-4)8(11)12/h3H,1-2H3,(H,9,10)(H,11,12). The van der Waals surface area contributed by atoms with Crippen molar-refractivity contribution in [3.05, 3.63) is 15.8 Å². The summed E-state index contributed by atoms with van der Waals surface area (Å²) in [4.78, 5) is 22.3. The van der Waals surface area contributed by atoms with Crippen molar-refractivity contribution in [3.8, 4) is 0 Å². The van der Waals surface area contributed by atoms with Crippen molar-refractivity contribution < 1.29 is 14.7 Å². The summed E-state index contributed by atoms with van der Waals surface area (Å²) >= 11 is 1.15. The average Bonchev–Trinajstić information content (AvgIpc) is 2.31. The Balaban J connectivity index is 2.96. The van der Waals surface area contributed by atoms with Crippen LogP contribution in [0.3, 0.4) is 0 Å². The van der Waals surface area contributed by atoms with E-state index in [1.165, 1.54) is 13.0 Å². The number of thiophene rings is 1. The number of carbonyl (C=O) groups excluding carboxylic acids is 1. The molecule has 0 radical (unpaired) electrons.